The minimum absolute atomic E-state index is 0.374. The zero-order valence-corrected chi connectivity index (χ0v) is 10.7. The second-order valence-electron chi connectivity index (χ2n) is 4.07. The lowest BCUT2D eigenvalue weighted by molar-refractivity contribution is 0.693. The topological polar surface area (TPSA) is 48.5 Å². The molecule has 0 radical (unpaired) electrons. The minimum atomic E-state index is 0.374. The average Bonchev–Trinajstić information content (AvgIpc) is 2.95. The van der Waals surface area contributed by atoms with E-state index in [9.17, 15) is 0 Å². The number of fused-ring (bicyclic) bond motifs is 1. The molecule has 5 nitrogen and oxygen atoms in total. The van der Waals surface area contributed by atoms with Crippen molar-refractivity contribution in [3.8, 4) is 0 Å². The molecule has 0 saturated carbocycles. The normalized spacial score (nSPS) is 11.2. The molecule has 0 atom stereocenters. The van der Waals surface area contributed by atoms with Crippen LogP contribution in [0.15, 0.2) is 30.9 Å². The molecule has 0 aliphatic rings. The summed E-state index contributed by atoms with van der Waals surface area (Å²) in [5.74, 6) is 2.18. The Hall–Kier alpha value is -1.88. The van der Waals surface area contributed by atoms with Gasteiger partial charge in [0.1, 0.15) is 17.2 Å². The van der Waals surface area contributed by atoms with Gasteiger partial charge in [0.2, 0.25) is 0 Å². The molecule has 0 fully saturated rings. The summed E-state index contributed by atoms with van der Waals surface area (Å²) < 4.78 is 4.07. The lowest BCUT2D eigenvalue weighted by Gasteiger charge is -2.07. The number of pyridine rings is 1. The van der Waals surface area contributed by atoms with Crippen LogP contribution >= 0.6 is 11.6 Å². The first-order chi connectivity index (χ1) is 8.79. The van der Waals surface area contributed by atoms with Gasteiger partial charge < -0.3 is 9.13 Å². The van der Waals surface area contributed by atoms with Crippen molar-refractivity contribution < 1.29 is 0 Å². The largest absolute Gasteiger partial charge is 0.337 e. The fraction of sp³-hybridized carbons (Fsp3) is 0.250. The number of nitrogens with zero attached hydrogens (tertiary/aromatic N) is 5. The van der Waals surface area contributed by atoms with Gasteiger partial charge in [0, 0.05) is 25.6 Å². The Balaban J connectivity index is 2.12. The van der Waals surface area contributed by atoms with Crippen LogP contribution in [0.3, 0.4) is 0 Å². The molecule has 0 aromatic carbocycles. The predicted octanol–water partition coefficient (Wildman–Crippen LogP) is 1.95. The second kappa shape index (κ2) is 4.42. The Morgan fingerprint density at radius 1 is 1.28 bits per heavy atom. The van der Waals surface area contributed by atoms with E-state index in [2.05, 4.69) is 19.5 Å². The summed E-state index contributed by atoms with van der Waals surface area (Å²) >= 11 is 5.95. The summed E-state index contributed by atoms with van der Waals surface area (Å²) in [5, 5.41) is 0. The van der Waals surface area contributed by atoms with Crippen LogP contribution in [0.25, 0.3) is 11.0 Å². The Labute approximate surface area is 109 Å². The molecule has 0 N–H and O–H groups in total. The molecule has 3 aromatic heterocycles. The Morgan fingerprint density at radius 2 is 2.17 bits per heavy atom. The van der Waals surface area contributed by atoms with E-state index < -0.39 is 0 Å². The highest BCUT2D eigenvalue weighted by atomic mass is 35.5. The number of hydrogen-bond acceptors (Lipinski definition) is 3. The van der Waals surface area contributed by atoms with Gasteiger partial charge in [0.15, 0.2) is 0 Å². The molecule has 0 saturated heterocycles. The van der Waals surface area contributed by atoms with Crippen LogP contribution in [0.4, 0.5) is 0 Å². The van der Waals surface area contributed by atoms with Crippen molar-refractivity contribution in [1.29, 1.82) is 0 Å². The molecule has 0 aliphatic heterocycles. The number of aromatic nitrogens is 5. The number of hydrogen-bond donors (Lipinski definition) is 0. The van der Waals surface area contributed by atoms with Crippen LogP contribution in [0.1, 0.15) is 11.6 Å². The van der Waals surface area contributed by atoms with Crippen molar-refractivity contribution in [2.24, 2.45) is 7.05 Å². The molecule has 0 bridgehead atoms. The highest BCUT2D eigenvalue weighted by molar-refractivity contribution is 6.16. The molecule has 6 heteroatoms. The SMILES string of the molecule is Cn1ccnc1Cn1c(CCl)nc2cnccc21. The van der Waals surface area contributed by atoms with Crippen molar-refractivity contribution in [1.82, 2.24) is 24.1 Å². The fourth-order valence-electron chi connectivity index (χ4n) is 2.00. The second-order valence-corrected chi connectivity index (χ2v) is 4.33. The summed E-state index contributed by atoms with van der Waals surface area (Å²) in [5.41, 5.74) is 1.89. The summed E-state index contributed by atoms with van der Waals surface area (Å²) in [6.07, 6.45) is 7.23. The molecule has 18 heavy (non-hydrogen) atoms. The highest BCUT2D eigenvalue weighted by Crippen LogP contribution is 2.17. The van der Waals surface area contributed by atoms with Crippen LogP contribution < -0.4 is 0 Å². The number of rotatable bonds is 3. The Kier molecular flexibility index (Phi) is 2.76. The van der Waals surface area contributed by atoms with E-state index in [1.165, 1.54) is 0 Å². The van der Waals surface area contributed by atoms with E-state index >= 15 is 0 Å². The maximum absolute atomic E-state index is 5.95. The zero-order chi connectivity index (χ0) is 12.5. The summed E-state index contributed by atoms with van der Waals surface area (Å²) in [7, 11) is 1.98. The van der Waals surface area contributed by atoms with Gasteiger partial charge in [-0.3, -0.25) is 4.98 Å². The molecule has 3 aromatic rings. The zero-order valence-electron chi connectivity index (χ0n) is 9.91. The lowest BCUT2D eigenvalue weighted by Crippen LogP contribution is -2.08. The van der Waals surface area contributed by atoms with Crippen molar-refractivity contribution >= 4 is 22.6 Å². The van der Waals surface area contributed by atoms with E-state index in [0.29, 0.717) is 12.4 Å². The molecule has 0 amide bonds. The molecular weight excluding hydrogens is 250 g/mol. The molecule has 3 heterocycles. The molecule has 0 spiro atoms. The summed E-state index contributed by atoms with van der Waals surface area (Å²) in [4.78, 5) is 12.9. The predicted molar refractivity (Wildman–Crippen MR) is 69.4 cm³/mol. The van der Waals surface area contributed by atoms with Gasteiger partial charge in [-0.2, -0.15) is 0 Å². The highest BCUT2D eigenvalue weighted by Gasteiger charge is 2.11. The van der Waals surface area contributed by atoms with Gasteiger partial charge in [-0.25, -0.2) is 9.97 Å². The first-order valence-electron chi connectivity index (χ1n) is 5.61. The van der Waals surface area contributed by atoms with Crippen molar-refractivity contribution in [2.75, 3.05) is 0 Å². The van der Waals surface area contributed by atoms with Crippen LogP contribution in [0.2, 0.25) is 0 Å². The molecule has 0 unspecified atom stereocenters. The van der Waals surface area contributed by atoms with Gasteiger partial charge >= 0.3 is 0 Å². The van der Waals surface area contributed by atoms with E-state index in [1.54, 1.807) is 18.6 Å². The van der Waals surface area contributed by atoms with E-state index in [0.717, 1.165) is 22.7 Å². The average molecular weight is 262 g/mol. The van der Waals surface area contributed by atoms with E-state index in [1.807, 2.05) is 23.9 Å². The van der Waals surface area contributed by atoms with Crippen molar-refractivity contribution in [3.05, 3.63) is 42.5 Å². The summed E-state index contributed by atoms with van der Waals surface area (Å²) in [6.45, 7) is 0.659. The first kappa shape index (κ1) is 11.2. The van der Waals surface area contributed by atoms with E-state index in [-0.39, 0.29) is 0 Å². The number of imidazole rings is 2. The number of aryl methyl sites for hydroxylation is 1. The monoisotopic (exact) mass is 261 g/mol. The standard InChI is InChI=1S/C12H12ClN5/c1-17-5-4-15-12(17)8-18-10-2-3-14-7-9(10)16-11(18)6-13/h2-5,7H,6,8H2,1H3. The third-order valence-corrected chi connectivity index (χ3v) is 3.21. The number of alkyl halides is 1. The maximum Gasteiger partial charge on any atom is 0.128 e. The molecular formula is C12H12ClN5. The van der Waals surface area contributed by atoms with Gasteiger partial charge in [0.05, 0.1) is 24.1 Å². The van der Waals surface area contributed by atoms with Crippen LogP contribution in [-0.4, -0.2) is 24.1 Å². The van der Waals surface area contributed by atoms with Crippen molar-refractivity contribution in [3.63, 3.8) is 0 Å². The molecule has 3 rings (SSSR count). The lowest BCUT2D eigenvalue weighted by atomic mass is 10.4. The Bertz CT molecular complexity index is 685. The minimum Gasteiger partial charge on any atom is -0.337 e. The Morgan fingerprint density at radius 3 is 2.89 bits per heavy atom. The van der Waals surface area contributed by atoms with Crippen LogP contribution in [0.5, 0.6) is 0 Å². The third-order valence-electron chi connectivity index (χ3n) is 2.97. The van der Waals surface area contributed by atoms with Gasteiger partial charge in [-0.1, -0.05) is 0 Å². The number of halogens is 1. The molecule has 0 aliphatic carbocycles. The smallest absolute Gasteiger partial charge is 0.128 e. The summed E-state index contributed by atoms with van der Waals surface area (Å²) in [6, 6.07) is 1.95. The quantitative estimate of drug-likeness (QED) is 0.677. The first-order valence-corrected chi connectivity index (χ1v) is 6.14. The maximum atomic E-state index is 5.95. The van der Waals surface area contributed by atoms with Gasteiger partial charge in [-0.15, -0.1) is 11.6 Å². The van der Waals surface area contributed by atoms with Crippen molar-refractivity contribution in [2.45, 2.75) is 12.4 Å². The van der Waals surface area contributed by atoms with Crippen LogP contribution in [-0.2, 0) is 19.5 Å². The molecule has 92 valence electrons. The van der Waals surface area contributed by atoms with E-state index in [4.69, 9.17) is 11.6 Å². The van der Waals surface area contributed by atoms with Crippen LogP contribution in [0, 0.1) is 0 Å². The van der Waals surface area contributed by atoms with Gasteiger partial charge in [-0.05, 0) is 6.07 Å². The van der Waals surface area contributed by atoms with Gasteiger partial charge in [0.25, 0.3) is 0 Å². The fourth-order valence-corrected chi connectivity index (χ4v) is 2.20. The third kappa shape index (κ3) is 1.76.